The third-order valence-electron chi connectivity index (χ3n) is 7.02. The molecule has 0 bridgehead atoms. The van der Waals surface area contributed by atoms with Gasteiger partial charge < -0.3 is 24.8 Å². The standard InChI is InChI=1S/C26H36N2O6/c1-6-16-8-13-19-22(21(16)26(32)34-7-2)25(31)28(20(14-29)15(3)4)23(19)24(30)27-17-9-11-18(33-5)12-10-17/h8-13,15-16,19-23,29H,6-7,14H2,1-5H3,(H,27,30)/t16-,19+,20+,21-,22+,23+/m1/s1. The number of carbonyl (C=O) groups excluding carboxylic acids is 3. The van der Waals surface area contributed by atoms with Crippen molar-refractivity contribution in [2.24, 2.45) is 29.6 Å². The van der Waals surface area contributed by atoms with Crippen LogP contribution in [-0.2, 0) is 19.1 Å². The number of rotatable bonds is 9. The minimum atomic E-state index is -0.856. The summed E-state index contributed by atoms with van der Waals surface area (Å²) in [6.45, 7) is 7.46. The van der Waals surface area contributed by atoms with Gasteiger partial charge in [-0.05, 0) is 49.4 Å². The molecule has 34 heavy (non-hydrogen) atoms. The van der Waals surface area contributed by atoms with Crippen LogP contribution in [-0.4, -0.2) is 60.2 Å². The highest BCUT2D eigenvalue weighted by molar-refractivity contribution is 6.01. The van der Waals surface area contributed by atoms with Crippen molar-refractivity contribution in [1.29, 1.82) is 0 Å². The summed E-state index contributed by atoms with van der Waals surface area (Å²) in [7, 11) is 1.57. The van der Waals surface area contributed by atoms with Crippen molar-refractivity contribution < 1.29 is 29.0 Å². The third kappa shape index (κ3) is 4.82. The van der Waals surface area contributed by atoms with Crippen LogP contribution >= 0.6 is 0 Å². The van der Waals surface area contributed by atoms with E-state index in [9.17, 15) is 19.5 Å². The van der Waals surface area contributed by atoms with E-state index in [2.05, 4.69) is 5.32 Å². The SMILES string of the molecule is CCOC(=O)[C@H]1[C@H]2C(=O)N([C@@H](CO)C(C)C)[C@H](C(=O)Nc3ccc(OC)cc3)[C@H]2C=C[C@H]1CC. The normalized spacial score (nSPS) is 26.9. The summed E-state index contributed by atoms with van der Waals surface area (Å²) in [5, 5.41) is 13.1. The second-order valence-corrected chi connectivity index (χ2v) is 9.24. The zero-order valence-electron chi connectivity index (χ0n) is 20.6. The van der Waals surface area contributed by atoms with Gasteiger partial charge >= 0.3 is 5.97 Å². The number of ether oxygens (including phenoxy) is 2. The van der Waals surface area contributed by atoms with Gasteiger partial charge in [-0.15, -0.1) is 0 Å². The van der Waals surface area contributed by atoms with E-state index in [1.165, 1.54) is 4.90 Å². The number of carbonyl (C=O) groups is 3. The van der Waals surface area contributed by atoms with E-state index in [0.29, 0.717) is 17.9 Å². The van der Waals surface area contributed by atoms with Gasteiger partial charge in [-0.25, -0.2) is 0 Å². The number of esters is 1. The predicted molar refractivity (Wildman–Crippen MR) is 128 cm³/mol. The Kier molecular flexibility index (Phi) is 8.36. The number of anilines is 1. The zero-order valence-corrected chi connectivity index (χ0v) is 20.6. The first-order valence-electron chi connectivity index (χ1n) is 12.0. The number of aliphatic hydroxyl groups excluding tert-OH is 1. The highest BCUT2D eigenvalue weighted by Crippen LogP contribution is 2.46. The first-order chi connectivity index (χ1) is 16.3. The van der Waals surface area contributed by atoms with Gasteiger partial charge in [0.25, 0.3) is 0 Å². The van der Waals surface area contributed by atoms with Gasteiger partial charge in [-0.1, -0.05) is 32.9 Å². The van der Waals surface area contributed by atoms with Crippen LogP contribution in [0.15, 0.2) is 36.4 Å². The van der Waals surface area contributed by atoms with E-state index < -0.39 is 35.8 Å². The minimum absolute atomic E-state index is 0.0858. The summed E-state index contributed by atoms with van der Waals surface area (Å²) >= 11 is 0. The molecule has 8 heteroatoms. The monoisotopic (exact) mass is 472 g/mol. The summed E-state index contributed by atoms with van der Waals surface area (Å²) in [6.07, 6.45) is 4.52. The molecule has 1 aliphatic carbocycles. The first kappa shape index (κ1) is 25.7. The molecule has 1 aromatic rings. The summed E-state index contributed by atoms with van der Waals surface area (Å²) in [4.78, 5) is 41.9. The van der Waals surface area contributed by atoms with Crippen molar-refractivity contribution in [3.05, 3.63) is 36.4 Å². The molecule has 1 saturated heterocycles. The maximum atomic E-state index is 13.9. The van der Waals surface area contributed by atoms with E-state index in [-0.39, 0.29) is 36.9 Å². The smallest absolute Gasteiger partial charge is 0.310 e. The van der Waals surface area contributed by atoms with Crippen molar-refractivity contribution in [2.45, 2.75) is 46.2 Å². The van der Waals surface area contributed by atoms with Gasteiger partial charge in [-0.3, -0.25) is 14.4 Å². The molecule has 0 aromatic heterocycles. The molecular formula is C26H36N2O6. The van der Waals surface area contributed by atoms with Crippen LogP contribution in [0.1, 0.15) is 34.1 Å². The minimum Gasteiger partial charge on any atom is -0.497 e. The predicted octanol–water partition coefficient (Wildman–Crippen LogP) is 2.87. The van der Waals surface area contributed by atoms with Gasteiger partial charge in [-0.2, -0.15) is 0 Å². The van der Waals surface area contributed by atoms with E-state index in [0.717, 1.165) is 0 Å². The molecule has 1 heterocycles. The second kappa shape index (κ2) is 11.0. The highest BCUT2D eigenvalue weighted by atomic mass is 16.5. The number of hydrogen-bond donors (Lipinski definition) is 2. The Morgan fingerprint density at radius 3 is 2.35 bits per heavy atom. The average Bonchev–Trinajstić information content (AvgIpc) is 3.11. The Morgan fingerprint density at radius 2 is 1.82 bits per heavy atom. The van der Waals surface area contributed by atoms with Crippen molar-refractivity contribution in [1.82, 2.24) is 4.90 Å². The molecule has 8 nitrogen and oxygen atoms in total. The van der Waals surface area contributed by atoms with Crippen molar-refractivity contribution in [2.75, 3.05) is 25.6 Å². The Balaban J connectivity index is 2.02. The lowest BCUT2D eigenvalue weighted by Crippen LogP contribution is -2.52. The fourth-order valence-corrected chi connectivity index (χ4v) is 5.26. The number of nitrogens with one attached hydrogen (secondary N) is 1. The number of amides is 2. The molecular weight excluding hydrogens is 436 g/mol. The number of methoxy groups -OCH3 is 1. The molecule has 0 unspecified atom stereocenters. The Bertz CT molecular complexity index is 912. The zero-order chi connectivity index (χ0) is 25.0. The van der Waals surface area contributed by atoms with E-state index in [1.807, 2.05) is 32.9 Å². The molecule has 0 spiro atoms. The van der Waals surface area contributed by atoms with Crippen LogP contribution in [0.3, 0.4) is 0 Å². The number of fused-ring (bicyclic) bond motifs is 1. The van der Waals surface area contributed by atoms with Gasteiger partial charge in [0.15, 0.2) is 0 Å². The quantitative estimate of drug-likeness (QED) is 0.423. The van der Waals surface area contributed by atoms with Crippen molar-refractivity contribution in [3.63, 3.8) is 0 Å². The summed E-state index contributed by atoms with van der Waals surface area (Å²) in [6, 6.07) is 5.53. The van der Waals surface area contributed by atoms with Crippen LogP contribution < -0.4 is 10.1 Å². The van der Waals surface area contributed by atoms with Crippen LogP contribution in [0.2, 0.25) is 0 Å². The van der Waals surface area contributed by atoms with Gasteiger partial charge in [0, 0.05) is 11.6 Å². The Morgan fingerprint density at radius 1 is 1.15 bits per heavy atom. The number of aliphatic hydroxyl groups is 1. The Hall–Kier alpha value is -2.87. The van der Waals surface area contributed by atoms with Crippen molar-refractivity contribution in [3.8, 4) is 5.75 Å². The molecule has 2 amide bonds. The lowest BCUT2D eigenvalue weighted by atomic mass is 9.69. The van der Waals surface area contributed by atoms with Gasteiger partial charge in [0.2, 0.25) is 11.8 Å². The van der Waals surface area contributed by atoms with E-state index in [1.54, 1.807) is 38.3 Å². The molecule has 3 rings (SSSR count). The van der Waals surface area contributed by atoms with E-state index in [4.69, 9.17) is 9.47 Å². The first-order valence-corrected chi connectivity index (χ1v) is 12.0. The van der Waals surface area contributed by atoms with Crippen LogP contribution in [0.25, 0.3) is 0 Å². The average molecular weight is 473 g/mol. The topological polar surface area (TPSA) is 105 Å². The number of nitrogens with zero attached hydrogens (tertiary/aromatic N) is 1. The lowest BCUT2D eigenvalue weighted by molar-refractivity contribution is -0.156. The molecule has 0 radical (unpaired) electrons. The number of hydrogen-bond acceptors (Lipinski definition) is 6. The molecule has 0 saturated carbocycles. The van der Waals surface area contributed by atoms with Gasteiger partial charge in [0.1, 0.15) is 11.8 Å². The molecule has 1 aromatic carbocycles. The van der Waals surface area contributed by atoms with E-state index >= 15 is 0 Å². The fraction of sp³-hybridized carbons (Fsp3) is 0.577. The number of likely N-dealkylation sites (tertiary alicyclic amines) is 1. The van der Waals surface area contributed by atoms with Crippen LogP contribution in [0, 0.1) is 29.6 Å². The summed E-state index contributed by atoms with van der Waals surface area (Å²) in [5.41, 5.74) is 0.569. The Labute approximate surface area is 201 Å². The largest absolute Gasteiger partial charge is 0.497 e. The van der Waals surface area contributed by atoms with Crippen molar-refractivity contribution >= 4 is 23.5 Å². The molecule has 186 valence electrons. The summed E-state index contributed by atoms with van der Waals surface area (Å²) < 4.78 is 10.5. The van der Waals surface area contributed by atoms with Crippen LogP contribution in [0.5, 0.6) is 5.75 Å². The van der Waals surface area contributed by atoms with Gasteiger partial charge in [0.05, 0.1) is 38.2 Å². The molecule has 2 aliphatic rings. The molecule has 1 fully saturated rings. The molecule has 2 N–H and O–H groups in total. The number of allylic oxidation sites excluding steroid dienone is 1. The highest BCUT2D eigenvalue weighted by Gasteiger charge is 2.59. The summed E-state index contributed by atoms with van der Waals surface area (Å²) in [5.74, 6) is -2.51. The second-order valence-electron chi connectivity index (χ2n) is 9.24. The molecule has 6 atom stereocenters. The third-order valence-corrected chi connectivity index (χ3v) is 7.02. The lowest BCUT2D eigenvalue weighted by Gasteiger charge is -2.35. The fourth-order valence-electron chi connectivity index (χ4n) is 5.26. The maximum absolute atomic E-state index is 13.9. The van der Waals surface area contributed by atoms with Crippen LogP contribution in [0.4, 0.5) is 5.69 Å². The molecule has 1 aliphatic heterocycles. The number of benzene rings is 1. The maximum Gasteiger partial charge on any atom is 0.310 e.